The molecule has 9 rings (SSSR count). The molecule has 4 saturated carbocycles. The molecule has 0 amide bonds. The summed E-state index contributed by atoms with van der Waals surface area (Å²) in [6, 6.07) is 0. The van der Waals surface area contributed by atoms with Crippen LogP contribution in [0.15, 0.2) is 11.6 Å². The zero-order valence-corrected chi connectivity index (χ0v) is 50.5. The van der Waals surface area contributed by atoms with Crippen molar-refractivity contribution in [2.75, 3.05) is 33.0 Å². The van der Waals surface area contributed by atoms with Gasteiger partial charge in [-0.25, -0.2) is 0 Å². The highest BCUT2D eigenvalue weighted by Crippen LogP contribution is 2.76. The van der Waals surface area contributed by atoms with Gasteiger partial charge in [-0.2, -0.15) is 0 Å². The molecule has 498 valence electrons. The van der Waals surface area contributed by atoms with Gasteiger partial charge in [-0.05, 0) is 124 Å². The molecular formula is C59H100O27. The summed E-state index contributed by atoms with van der Waals surface area (Å²) in [5.41, 5.74) is -1.66. The van der Waals surface area contributed by atoms with E-state index in [2.05, 4.69) is 40.7 Å². The Balaban J connectivity index is 0.880. The second-order valence-corrected chi connectivity index (χ2v) is 28.1. The second-order valence-electron chi connectivity index (χ2n) is 28.1. The van der Waals surface area contributed by atoms with Crippen LogP contribution in [0.3, 0.4) is 0 Å². The first-order valence-electron chi connectivity index (χ1n) is 30.8. The molecule has 0 aromatic carbocycles. The van der Waals surface area contributed by atoms with Gasteiger partial charge in [0, 0.05) is 0 Å². The molecule has 9 aliphatic rings. The van der Waals surface area contributed by atoms with E-state index in [1.807, 2.05) is 20.8 Å². The molecule has 0 radical (unpaired) electrons. The van der Waals surface area contributed by atoms with Gasteiger partial charge in [-0.15, -0.1) is 0 Å². The van der Waals surface area contributed by atoms with Gasteiger partial charge in [0.2, 0.25) is 0 Å². The summed E-state index contributed by atoms with van der Waals surface area (Å²) in [7, 11) is 0. The number of fused-ring (bicyclic) bond motifs is 5. The molecule has 5 saturated heterocycles. The van der Waals surface area contributed by atoms with Crippen molar-refractivity contribution in [1.82, 2.24) is 0 Å². The average Bonchev–Trinajstić information content (AvgIpc) is 1.22. The number of ether oxygens (including phenoxy) is 10. The maximum absolute atomic E-state index is 12.9. The smallest absolute Gasteiger partial charge is 0.187 e. The highest BCUT2D eigenvalue weighted by molar-refractivity contribution is 5.21. The van der Waals surface area contributed by atoms with Crippen LogP contribution in [0.25, 0.3) is 0 Å². The predicted molar refractivity (Wildman–Crippen MR) is 293 cm³/mol. The van der Waals surface area contributed by atoms with Gasteiger partial charge < -0.3 is 134 Å². The van der Waals surface area contributed by atoms with Crippen molar-refractivity contribution in [3.63, 3.8) is 0 Å². The van der Waals surface area contributed by atoms with Crippen molar-refractivity contribution in [2.24, 2.45) is 45.3 Å². The number of hydrogen-bond donors (Lipinski definition) is 17. The minimum absolute atomic E-state index is 0.0246. The van der Waals surface area contributed by atoms with Gasteiger partial charge in [0.1, 0.15) is 116 Å². The number of aliphatic hydroxyl groups is 17. The lowest BCUT2D eigenvalue weighted by atomic mass is 9.35. The minimum Gasteiger partial charge on any atom is -0.394 e. The summed E-state index contributed by atoms with van der Waals surface area (Å²) in [6.07, 6.45) is -32.4. The number of hydrogen-bond acceptors (Lipinski definition) is 27. The van der Waals surface area contributed by atoms with Gasteiger partial charge in [-0.3, -0.25) is 0 Å². The zero-order valence-electron chi connectivity index (χ0n) is 50.5. The topological polar surface area (TPSA) is 436 Å². The lowest BCUT2D eigenvalue weighted by Crippen LogP contribution is -2.67. The summed E-state index contributed by atoms with van der Waals surface area (Å²) < 4.78 is 60.1. The van der Waals surface area contributed by atoms with Crippen LogP contribution >= 0.6 is 0 Å². The van der Waals surface area contributed by atoms with Gasteiger partial charge in [0.05, 0.1) is 50.8 Å². The molecule has 5 aliphatic heterocycles. The van der Waals surface area contributed by atoms with E-state index in [1.54, 1.807) is 0 Å². The molecule has 0 unspecified atom stereocenters. The number of aliphatic hydroxyl groups excluding tert-OH is 17. The lowest BCUT2D eigenvalue weighted by molar-refractivity contribution is -0.365. The van der Waals surface area contributed by atoms with Gasteiger partial charge in [-0.1, -0.05) is 46.3 Å². The van der Waals surface area contributed by atoms with Crippen molar-refractivity contribution in [3.05, 3.63) is 11.6 Å². The van der Waals surface area contributed by atoms with Crippen molar-refractivity contribution >= 4 is 0 Å². The first-order chi connectivity index (χ1) is 40.3. The van der Waals surface area contributed by atoms with E-state index in [0.29, 0.717) is 38.5 Å². The van der Waals surface area contributed by atoms with Gasteiger partial charge >= 0.3 is 0 Å². The van der Waals surface area contributed by atoms with Crippen LogP contribution in [0.1, 0.15) is 113 Å². The van der Waals surface area contributed by atoms with E-state index < -0.39 is 209 Å². The summed E-state index contributed by atoms with van der Waals surface area (Å²) in [6.45, 7) is 14.2. The van der Waals surface area contributed by atoms with E-state index in [1.165, 1.54) is 0 Å². The SMILES string of the molecule is CC(C)=CCC[C@](C)(O[C@@H]1O[C@H](CO[C@@H]2O[C@H](CO)[C@@H](O)[C@H](O)[C@H]2O)[C@@H](O)[C@H](O)[C@H]1O)[C@H]1CC[C@]2(C)[C@@H]1[C@H](O)C[C@@H]1[C@@]3(C)CC[C@H](O[C@@H]4O[C@H](CO[C@@H]5OC[C@@H](O)[C@H](O)[C@H]5O[C@@H]5O[C@H](CO)[C@@H](O)[C@H](O)[C@H]5O)[C@@H](O)[C@H](O)[C@H]4O)C(C)(C)[C@@H]3CC[C@]12C. The van der Waals surface area contributed by atoms with Crippen molar-refractivity contribution < 1.29 is 134 Å². The van der Waals surface area contributed by atoms with E-state index in [9.17, 15) is 86.8 Å². The Labute approximate surface area is 501 Å². The Morgan fingerprint density at radius 1 is 0.512 bits per heavy atom. The van der Waals surface area contributed by atoms with E-state index in [4.69, 9.17) is 47.4 Å². The molecule has 86 heavy (non-hydrogen) atoms. The molecule has 9 fully saturated rings. The first kappa shape index (κ1) is 69.0. The first-order valence-corrected chi connectivity index (χ1v) is 30.8. The normalized spacial score (nSPS) is 52.9. The van der Waals surface area contributed by atoms with Crippen LogP contribution in [-0.2, 0) is 47.4 Å². The molecule has 27 nitrogen and oxygen atoms in total. The predicted octanol–water partition coefficient (Wildman–Crippen LogP) is -3.74. The largest absolute Gasteiger partial charge is 0.394 e. The second kappa shape index (κ2) is 26.6. The van der Waals surface area contributed by atoms with Crippen LogP contribution in [0.5, 0.6) is 0 Å². The van der Waals surface area contributed by atoms with Crippen LogP contribution in [0.4, 0.5) is 0 Å². The van der Waals surface area contributed by atoms with Crippen LogP contribution in [0, 0.1) is 45.3 Å². The maximum atomic E-state index is 12.9. The fourth-order valence-electron chi connectivity index (χ4n) is 17.4. The van der Waals surface area contributed by atoms with E-state index >= 15 is 0 Å². The van der Waals surface area contributed by atoms with Crippen LogP contribution in [0.2, 0.25) is 0 Å². The van der Waals surface area contributed by atoms with Gasteiger partial charge in [0.25, 0.3) is 0 Å². The number of rotatable bonds is 18. The third-order valence-corrected chi connectivity index (χ3v) is 22.6. The van der Waals surface area contributed by atoms with Crippen molar-refractivity contribution in [3.8, 4) is 0 Å². The quantitative estimate of drug-likeness (QED) is 0.0463. The molecule has 27 heteroatoms. The fraction of sp³-hybridized carbons (Fsp3) is 0.966. The molecular weight excluding hydrogens is 1140 g/mol. The number of allylic oxidation sites excluding steroid dienone is 2. The third kappa shape index (κ3) is 12.4. The summed E-state index contributed by atoms with van der Waals surface area (Å²) in [4.78, 5) is 0. The minimum atomic E-state index is -1.86. The Bertz CT molecular complexity index is 2260. The highest BCUT2D eigenvalue weighted by atomic mass is 16.8. The van der Waals surface area contributed by atoms with E-state index in [-0.39, 0.29) is 34.5 Å². The molecule has 0 aromatic rings. The average molecular weight is 1240 g/mol. The summed E-state index contributed by atoms with van der Waals surface area (Å²) in [5.74, 6) is -0.525. The Hall–Kier alpha value is -1.34. The van der Waals surface area contributed by atoms with Crippen molar-refractivity contribution in [1.29, 1.82) is 0 Å². The monoisotopic (exact) mass is 1240 g/mol. The Morgan fingerprint density at radius 2 is 1.00 bits per heavy atom. The summed E-state index contributed by atoms with van der Waals surface area (Å²) in [5, 5.41) is 184. The Morgan fingerprint density at radius 3 is 1.57 bits per heavy atom. The molecule has 0 aromatic heterocycles. The standard InChI is InChI=1S/C59H100O27/c1-24(2)10-9-14-59(8,86-53-48(76)44(72)40(68)31(83-53)22-78-50-45(73)41(69)37(65)28(19-60)80-50)25-11-16-58(7)35(25)26(62)18-33-56(5)15-13-34(55(3,4)32(56)12-17-57(33,58)6)84-51-46(74)43(71)39(67)30(82-51)23-79-54-49(36(64)27(63)21-77-54)85-52-47(75)42(70)38(66)29(20-61)81-52/h10,25-54,60-76H,9,11-23H2,1-8H3/t25-,26+,27+,28+,29+,30+,31+,32-,33+,34-,35-,36-,37+,38+,39+,40+,41-,42-,43-,44-,45+,46+,47+,48+,49+,50+,51-,52-,53-,54-,56-,57+,58+,59-/m0/s1. The van der Waals surface area contributed by atoms with Crippen LogP contribution < -0.4 is 0 Å². The molecule has 4 aliphatic carbocycles. The molecule has 5 heterocycles. The molecule has 17 N–H and O–H groups in total. The van der Waals surface area contributed by atoms with E-state index in [0.717, 1.165) is 24.8 Å². The third-order valence-electron chi connectivity index (χ3n) is 22.6. The summed E-state index contributed by atoms with van der Waals surface area (Å²) >= 11 is 0. The lowest BCUT2D eigenvalue weighted by Gasteiger charge is -2.71. The Kier molecular flexibility index (Phi) is 21.3. The molecule has 0 spiro atoms. The molecule has 34 atom stereocenters. The zero-order chi connectivity index (χ0) is 63.1. The maximum Gasteiger partial charge on any atom is 0.187 e. The van der Waals surface area contributed by atoms with Gasteiger partial charge in [0.15, 0.2) is 31.5 Å². The van der Waals surface area contributed by atoms with Crippen LogP contribution in [-0.4, -0.2) is 285 Å². The fourth-order valence-corrected chi connectivity index (χ4v) is 17.4. The highest BCUT2D eigenvalue weighted by Gasteiger charge is 2.72. The molecule has 0 bridgehead atoms. The van der Waals surface area contributed by atoms with Crippen molar-refractivity contribution in [2.45, 2.75) is 278 Å².